The maximum atomic E-state index is 5.63. The van der Waals surface area contributed by atoms with E-state index in [0.29, 0.717) is 5.95 Å². The number of thioether (sulfide) groups is 1. The van der Waals surface area contributed by atoms with Crippen LogP contribution in [-0.4, -0.2) is 16.2 Å². The number of rotatable bonds is 4. The molecule has 1 heterocycles. The number of nitrogen functional groups attached to an aromatic ring is 1. The molecule has 5 heteroatoms. The molecule has 2 rings (SSSR count). The lowest BCUT2D eigenvalue weighted by Gasteiger charge is -2.07. The van der Waals surface area contributed by atoms with E-state index in [4.69, 9.17) is 5.73 Å². The molecule has 0 spiro atoms. The fourth-order valence-electron chi connectivity index (χ4n) is 1.43. The molecule has 0 radical (unpaired) electrons. The number of nitrogens with zero attached hydrogens (tertiary/aromatic N) is 2. The van der Waals surface area contributed by atoms with Gasteiger partial charge in [-0.15, -0.1) is 11.8 Å². The van der Waals surface area contributed by atoms with Crippen LogP contribution in [0, 0.1) is 0 Å². The van der Waals surface area contributed by atoms with Crippen LogP contribution < -0.4 is 11.1 Å². The smallest absolute Gasteiger partial charge is 0.223 e. The maximum Gasteiger partial charge on any atom is 0.223 e. The molecule has 0 unspecified atom stereocenters. The SMILES string of the molecule is CSc1cc(NCc2ccccc2)nc(N)n1. The Labute approximate surface area is 105 Å². The van der Waals surface area contributed by atoms with Crippen molar-refractivity contribution >= 4 is 23.5 Å². The molecule has 0 bridgehead atoms. The van der Waals surface area contributed by atoms with Crippen molar-refractivity contribution in [3.05, 3.63) is 42.0 Å². The van der Waals surface area contributed by atoms with Crippen LogP contribution in [0.5, 0.6) is 0 Å². The lowest BCUT2D eigenvalue weighted by Crippen LogP contribution is -2.04. The Hall–Kier alpha value is -1.75. The molecular weight excluding hydrogens is 232 g/mol. The summed E-state index contributed by atoms with van der Waals surface area (Å²) < 4.78 is 0. The molecule has 0 saturated carbocycles. The summed E-state index contributed by atoms with van der Waals surface area (Å²) in [6.07, 6.45) is 1.96. The first-order valence-electron chi connectivity index (χ1n) is 5.24. The minimum atomic E-state index is 0.299. The molecule has 17 heavy (non-hydrogen) atoms. The minimum Gasteiger partial charge on any atom is -0.368 e. The molecule has 4 nitrogen and oxygen atoms in total. The van der Waals surface area contributed by atoms with E-state index in [2.05, 4.69) is 27.4 Å². The molecule has 1 aromatic carbocycles. The Morgan fingerprint density at radius 1 is 1.24 bits per heavy atom. The molecular formula is C12H14N4S. The van der Waals surface area contributed by atoms with Crippen LogP contribution in [0.4, 0.5) is 11.8 Å². The predicted octanol–water partition coefficient (Wildman–Crippen LogP) is 2.39. The highest BCUT2D eigenvalue weighted by atomic mass is 32.2. The number of hydrogen-bond donors (Lipinski definition) is 2. The minimum absolute atomic E-state index is 0.299. The normalized spacial score (nSPS) is 10.2. The number of nitrogens with two attached hydrogens (primary N) is 1. The van der Waals surface area contributed by atoms with Gasteiger partial charge in [-0.25, -0.2) is 4.98 Å². The second-order valence-corrected chi connectivity index (χ2v) is 4.32. The maximum absolute atomic E-state index is 5.63. The van der Waals surface area contributed by atoms with Crippen molar-refractivity contribution in [1.82, 2.24) is 9.97 Å². The Kier molecular flexibility index (Phi) is 3.82. The first kappa shape index (κ1) is 11.7. The number of aromatic nitrogens is 2. The second-order valence-electron chi connectivity index (χ2n) is 3.49. The highest BCUT2D eigenvalue weighted by Crippen LogP contribution is 2.17. The molecule has 0 aliphatic carbocycles. The highest BCUT2D eigenvalue weighted by molar-refractivity contribution is 7.98. The molecule has 0 amide bonds. The van der Waals surface area contributed by atoms with Crippen molar-refractivity contribution in [3.63, 3.8) is 0 Å². The lowest BCUT2D eigenvalue weighted by atomic mass is 10.2. The van der Waals surface area contributed by atoms with Gasteiger partial charge in [0.05, 0.1) is 0 Å². The molecule has 0 aliphatic rings. The van der Waals surface area contributed by atoms with E-state index in [9.17, 15) is 0 Å². The topological polar surface area (TPSA) is 63.8 Å². The van der Waals surface area contributed by atoms with Crippen LogP contribution in [0.2, 0.25) is 0 Å². The van der Waals surface area contributed by atoms with Gasteiger partial charge in [0.15, 0.2) is 0 Å². The average molecular weight is 246 g/mol. The predicted molar refractivity (Wildman–Crippen MR) is 72.0 cm³/mol. The average Bonchev–Trinajstić information content (AvgIpc) is 2.37. The molecule has 1 aromatic heterocycles. The Balaban J connectivity index is 2.06. The fraction of sp³-hybridized carbons (Fsp3) is 0.167. The van der Waals surface area contributed by atoms with E-state index in [1.807, 2.05) is 30.5 Å². The summed E-state index contributed by atoms with van der Waals surface area (Å²) in [5.41, 5.74) is 6.83. The number of benzene rings is 1. The molecule has 88 valence electrons. The zero-order chi connectivity index (χ0) is 12.1. The van der Waals surface area contributed by atoms with E-state index in [-0.39, 0.29) is 0 Å². The van der Waals surface area contributed by atoms with Gasteiger partial charge in [0.2, 0.25) is 5.95 Å². The Bertz CT molecular complexity index is 487. The lowest BCUT2D eigenvalue weighted by molar-refractivity contribution is 1.03. The molecule has 3 N–H and O–H groups in total. The molecule has 0 fully saturated rings. The van der Waals surface area contributed by atoms with Gasteiger partial charge >= 0.3 is 0 Å². The molecule has 0 aliphatic heterocycles. The number of hydrogen-bond acceptors (Lipinski definition) is 5. The first-order chi connectivity index (χ1) is 8.28. The van der Waals surface area contributed by atoms with Crippen molar-refractivity contribution in [3.8, 4) is 0 Å². The van der Waals surface area contributed by atoms with Gasteiger partial charge in [0, 0.05) is 12.6 Å². The van der Waals surface area contributed by atoms with Gasteiger partial charge < -0.3 is 11.1 Å². The van der Waals surface area contributed by atoms with Gasteiger partial charge in [0.1, 0.15) is 10.8 Å². The Morgan fingerprint density at radius 2 is 2.00 bits per heavy atom. The third-order valence-electron chi connectivity index (χ3n) is 2.25. The van der Waals surface area contributed by atoms with Gasteiger partial charge in [-0.2, -0.15) is 4.98 Å². The van der Waals surface area contributed by atoms with E-state index in [0.717, 1.165) is 17.4 Å². The summed E-state index contributed by atoms with van der Waals surface area (Å²) in [5, 5.41) is 4.10. The number of anilines is 2. The second kappa shape index (κ2) is 5.54. The van der Waals surface area contributed by atoms with Crippen LogP contribution in [-0.2, 0) is 6.54 Å². The third-order valence-corrected chi connectivity index (χ3v) is 2.87. The van der Waals surface area contributed by atoms with Crippen molar-refractivity contribution < 1.29 is 0 Å². The van der Waals surface area contributed by atoms with Crippen molar-refractivity contribution in [2.24, 2.45) is 0 Å². The van der Waals surface area contributed by atoms with Crippen LogP contribution in [0.1, 0.15) is 5.56 Å². The van der Waals surface area contributed by atoms with E-state index >= 15 is 0 Å². The third kappa shape index (κ3) is 3.35. The Morgan fingerprint density at radius 3 is 2.71 bits per heavy atom. The summed E-state index contributed by atoms with van der Waals surface area (Å²) in [7, 11) is 0. The fourth-order valence-corrected chi connectivity index (χ4v) is 1.84. The van der Waals surface area contributed by atoms with Crippen molar-refractivity contribution in [1.29, 1.82) is 0 Å². The zero-order valence-electron chi connectivity index (χ0n) is 9.55. The van der Waals surface area contributed by atoms with Gasteiger partial charge in [-0.3, -0.25) is 0 Å². The summed E-state index contributed by atoms with van der Waals surface area (Å²) in [4.78, 5) is 8.24. The summed E-state index contributed by atoms with van der Waals surface area (Å²) in [5.74, 6) is 1.05. The van der Waals surface area contributed by atoms with Gasteiger partial charge in [0.25, 0.3) is 0 Å². The summed E-state index contributed by atoms with van der Waals surface area (Å²) in [6, 6.07) is 12.0. The van der Waals surface area contributed by atoms with E-state index < -0.39 is 0 Å². The monoisotopic (exact) mass is 246 g/mol. The molecule has 0 saturated heterocycles. The van der Waals surface area contributed by atoms with Gasteiger partial charge in [-0.05, 0) is 11.8 Å². The van der Waals surface area contributed by atoms with Crippen LogP contribution in [0.15, 0.2) is 41.4 Å². The summed E-state index contributed by atoms with van der Waals surface area (Å²) >= 11 is 1.55. The first-order valence-corrected chi connectivity index (χ1v) is 6.47. The summed E-state index contributed by atoms with van der Waals surface area (Å²) in [6.45, 7) is 0.727. The standard InChI is InChI=1S/C12H14N4S/c1-17-11-7-10(15-12(13)16-11)14-8-9-5-3-2-4-6-9/h2-7H,8H2,1H3,(H3,13,14,15,16). The van der Waals surface area contributed by atoms with Crippen LogP contribution in [0.3, 0.4) is 0 Å². The largest absolute Gasteiger partial charge is 0.368 e. The highest BCUT2D eigenvalue weighted by Gasteiger charge is 2.01. The molecule has 2 aromatic rings. The van der Waals surface area contributed by atoms with E-state index in [1.54, 1.807) is 11.8 Å². The number of nitrogens with one attached hydrogen (secondary N) is 1. The van der Waals surface area contributed by atoms with Crippen molar-refractivity contribution in [2.45, 2.75) is 11.6 Å². The van der Waals surface area contributed by atoms with E-state index in [1.165, 1.54) is 5.56 Å². The zero-order valence-corrected chi connectivity index (χ0v) is 10.4. The quantitative estimate of drug-likeness (QED) is 0.640. The van der Waals surface area contributed by atoms with Crippen molar-refractivity contribution in [2.75, 3.05) is 17.3 Å². The molecule has 0 atom stereocenters. The van der Waals surface area contributed by atoms with Crippen LogP contribution in [0.25, 0.3) is 0 Å². The van der Waals surface area contributed by atoms with Gasteiger partial charge in [-0.1, -0.05) is 30.3 Å². The van der Waals surface area contributed by atoms with Crippen LogP contribution >= 0.6 is 11.8 Å².